The van der Waals surface area contributed by atoms with E-state index in [2.05, 4.69) is 5.32 Å². The number of piperazine rings is 1. The molecule has 1 aliphatic carbocycles. The third-order valence-corrected chi connectivity index (χ3v) is 6.46. The van der Waals surface area contributed by atoms with Gasteiger partial charge in [-0.15, -0.1) is 0 Å². The number of halogens is 3. The highest BCUT2D eigenvalue weighted by molar-refractivity contribution is 6.07. The fourth-order valence-corrected chi connectivity index (χ4v) is 4.70. The average Bonchev–Trinajstić information content (AvgIpc) is 2.88. The normalized spacial score (nSPS) is 23.0. The second-order valence-corrected chi connectivity index (χ2v) is 8.45. The molecule has 2 aliphatic heterocycles. The molecule has 2 saturated heterocycles. The van der Waals surface area contributed by atoms with Gasteiger partial charge >= 0.3 is 12.2 Å². The zero-order valence-electron chi connectivity index (χ0n) is 16.9. The van der Waals surface area contributed by atoms with E-state index in [1.807, 2.05) is 9.80 Å². The third-order valence-electron chi connectivity index (χ3n) is 6.46. The lowest BCUT2D eigenvalue weighted by atomic mass is 9.90. The van der Waals surface area contributed by atoms with Gasteiger partial charge in [0.25, 0.3) is 5.91 Å². The molecule has 1 spiro atoms. The van der Waals surface area contributed by atoms with Crippen LogP contribution in [0, 0.1) is 0 Å². The van der Waals surface area contributed by atoms with Gasteiger partial charge in [-0.05, 0) is 31.0 Å². The lowest BCUT2D eigenvalue weighted by Gasteiger charge is -2.37. The first-order chi connectivity index (χ1) is 14.3. The van der Waals surface area contributed by atoms with Gasteiger partial charge in [-0.1, -0.05) is 31.7 Å². The van der Waals surface area contributed by atoms with E-state index in [0.717, 1.165) is 31.7 Å². The maximum Gasteiger partial charge on any atom is 0.416 e. The molecule has 3 aliphatic rings. The number of nitrogens with one attached hydrogen (secondary N) is 1. The molecule has 0 aromatic heterocycles. The van der Waals surface area contributed by atoms with Crippen molar-refractivity contribution in [3.8, 4) is 0 Å². The SMILES string of the molecule is O=C1NC2(CCCCCC2)C(=O)N1CN1CCN(c2cccc(C(F)(F)F)c2)CC1. The summed E-state index contributed by atoms with van der Waals surface area (Å²) < 4.78 is 38.9. The van der Waals surface area contributed by atoms with Gasteiger partial charge < -0.3 is 10.2 Å². The van der Waals surface area contributed by atoms with E-state index in [9.17, 15) is 22.8 Å². The lowest BCUT2D eigenvalue weighted by Crippen LogP contribution is -2.52. The summed E-state index contributed by atoms with van der Waals surface area (Å²) in [5.41, 5.74) is -0.861. The van der Waals surface area contributed by atoms with Crippen molar-refractivity contribution in [1.82, 2.24) is 15.1 Å². The first-order valence-corrected chi connectivity index (χ1v) is 10.6. The highest BCUT2D eigenvalue weighted by atomic mass is 19.4. The van der Waals surface area contributed by atoms with E-state index in [1.165, 1.54) is 17.0 Å². The molecule has 1 aromatic rings. The number of anilines is 1. The predicted octanol–water partition coefficient (Wildman–Crippen LogP) is 3.43. The van der Waals surface area contributed by atoms with Crippen LogP contribution in [0.1, 0.15) is 44.1 Å². The highest BCUT2D eigenvalue weighted by Gasteiger charge is 2.51. The monoisotopic (exact) mass is 424 g/mol. The number of rotatable bonds is 3. The number of hydrogen-bond donors (Lipinski definition) is 1. The topological polar surface area (TPSA) is 55.9 Å². The molecule has 9 heteroatoms. The van der Waals surface area contributed by atoms with Crippen molar-refractivity contribution in [2.45, 2.75) is 50.2 Å². The van der Waals surface area contributed by atoms with Crippen LogP contribution in [-0.4, -0.2) is 60.1 Å². The number of nitrogens with zero attached hydrogens (tertiary/aromatic N) is 3. The number of amides is 3. The molecule has 0 radical (unpaired) electrons. The number of benzene rings is 1. The van der Waals surface area contributed by atoms with Gasteiger partial charge in [-0.3, -0.25) is 9.69 Å². The summed E-state index contributed by atoms with van der Waals surface area (Å²) in [6.07, 6.45) is 1.07. The molecule has 30 heavy (non-hydrogen) atoms. The number of carbonyl (C=O) groups excluding carboxylic acids is 2. The average molecular weight is 424 g/mol. The number of carbonyl (C=O) groups is 2. The number of urea groups is 1. The van der Waals surface area contributed by atoms with Crippen LogP contribution >= 0.6 is 0 Å². The largest absolute Gasteiger partial charge is 0.416 e. The van der Waals surface area contributed by atoms with Gasteiger partial charge in [0.1, 0.15) is 5.54 Å². The van der Waals surface area contributed by atoms with E-state index in [-0.39, 0.29) is 18.6 Å². The summed E-state index contributed by atoms with van der Waals surface area (Å²) in [6.45, 7) is 2.44. The van der Waals surface area contributed by atoms with Gasteiger partial charge in [0.15, 0.2) is 0 Å². The Labute approximate surface area is 174 Å². The van der Waals surface area contributed by atoms with E-state index in [4.69, 9.17) is 0 Å². The molecular weight excluding hydrogens is 397 g/mol. The van der Waals surface area contributed by atoms with Gasteiger partial charge in [-0.2, -0.15) is 13.2 Å². The third kappa shape index (κ3) is 4.12. The van der Waals surface area contributed by atoms with Gasteiger partial charge in [0.2, 0.25) is 0 Å². The Hall–Kier alpha value is -2.29. The quantitative estimate of drug-likeness (QED) is 0.756. The Bertz CT molecular complexity index is 798. The smallest absolute Gasteiger partial charge is 0.369 e. The van der Waals surface area contributed by atoms with Crippen LogP contribution in [0.25, 0.3) is 0 Å². The molecule has 0 atom stereocenters. The highest BCUT2D eigenvalue weighted by Crippen LogP contribution is 2.34. The minimum Gasteiger partial charge on any atom is -0.369 e. The maximum atomic E-state index is 13.0. The lowest BCUT2D eigenvalue weighted by molar-refractivity contribution is -0.137. The van der Waals surface area contributed by atoms with Crippen molar-refractivity contribution in [2.75, 3.05) is 37.7 Å². The molecule has 1 aromatic carbocycles. The Balaban J connectivity index is 1.36. The second-order valence-electron chi connectivity index (χ2n) is 8.45. The van der Waals surface area contributed by atoms with Crippen molar-refractivity contribution < 1.29 is 22.8 Å². The van der Waals surface area contributed by atoms with Gasteiger partial charge in [0, 0.05) is 31.9 Å². The summed E-state index contributed by atoms with van der Waals surface area (Å²) in [5.74, 6) is -0.130. The number of imide groups is 1. The minimum absolute atomic E-state index is 0.130. The number of hydrogen-bond acceptors (Lipinski definition) is 4. The fourth-order valence-electron chi connectivity index (χ4n) is 4.70. The minimum atomic E-state index is -4.37. The summed E-state index contributed by atoms with van der Waals surface area (Å²) >= 11 is 0. The molecule has 0 unspecified atom stereocenters. The van der Waals surface area contributed by atoms with Crippen molar-refractivity contribution >= 4 is 17.6 Å². The fraction of sp³-hybridized carbons (Fsp3) is 0.619. The predicted molar refractivity (Wildman–Crippen MR) is 106 cm³/mol. The Morgan fingerprint density at radius 2 is 1.63 bits per heavy atom. The maximum absolute atomic E-state index is 13.0. The van der Waals surface area contributed by atoms with Crippen molar-refractivity contribution in [2.24, 2.45) is 0 Å². The first-order valence-electron chi connectivity index (χ1n) is 10.6. The molecule has 4 rings (SSSR count). The van der Waals surface area contributed by atoms with Gasteiger partial charge in [0.05, 0.1) is 12.2 Å². The van der Waals surface area contributed by atoms with Crippen LogP contribution in [-0.2, 0) is 11.0 Å². The molecule has 0 bridgehead atoms. The zero-order valence-corrected chi connectivity index (χ0v) is 16.9. The summed E-state index contributed by atoms with van der Waals surface area (Å²) in [7, 11) is 0. The Morgan fingerprint density at radius 1 is 0.967 bits per heavy atom. The van der Waals surface area contributed by atoms with Crippen LogP contribution in [0.2, 0.25) is 0 Å². The summed E-state index contributed by atoms with van der Waals surface area (Å²) in [5, 5.41) is 2.95. The Kier molecular flexibility index (Phi) is 5.65. The van der Waals surface area contributed by atoms with E-state index >= 15 is 0 Å². The zero-order chi connectivity index (χ0) is 21.4. The molecular formula is C21H27F3N4O2. The summed E-state index contributed by atoms with van der Waals surface area (Å²) in [4.78, 5) is 30.8. The first kappa shape index (κ1) is 21.0. The van der Waals surface area contributed by atoms with Crippen molar-refractivity contribution in [3.05, 3.63) is 29.8 Å². The van der Waals surface area contributed by atoms with E-state index in [1.54, 1.807) is 6.07 Å². The standard InChI is InChI=1S/C21H27F3N4O2/c22-21(23,24)16-6-5-7-17(14-16)27-12-10-26(11-13-27)15-28-18(29)20(25-19(28)30)8-3-1-2-4-9-20/h5-7,14H,1-4,8-13,15H2,(H,25,30). The molecule has 164 valence electrons. The summed E-state index contributed by atoms with van der Waals surface area (Å²) in [6, 6.07) is 5.01. The van der Waals surface area contributed by atoms with Crippen LogP contribution in [0.5, 0.6) is 0 Å². The van der Waals surface area contributed by atoms with Crippen LogP contribution in [0.3, 0.4) is 0 Å². The second kappa shape index (κ2) is 8.09. The van der Waals surface area contributed by atoms with Crippen LogP contribution in [0.15, 0.2) is 24.3 Å². The van der Waals surface area contributed by atoms with Gasteiger partial charge in [-0.25, -0.2) is 9.69 Å². The van der Waals surface area contributed by atoms with Crippen molar-refractivity contribution in [3.63, 3.8) is 0 Å². The van der Waals surface area contributed by atoms with Crippen molar-refractivity contribution in [1.29, 1.82) is 0 Å². The molecule has 1 saturated carbocycles. The number of alkyl halides is 3. The molecule has 2 heterocycles. The van der Waals surface area contributed by atoms with Crippen LogP contribution in [0.4, 0.5) is 23.7 Å². The molecule has 3 fully saturated rings. The van der Waals surface area contributed by atoms with Crippen LogP contribution < -0.4 is 10.2 Å². The van der Waals surface area contributed by atoms with E-state index < -0.39 is 17.3 Å². The Morgan fingerprint density at radius 3 is 2.27 bits per heavy atom. The molecule has 6 nitrogen and oxygen atoms in total. The molecule has 1 N–H and O–H groups in total. The van der Waals surface area contributed by atoms with E-state index in [0.29, 0.717) is 44.7 Å². The molecule has 3 amide bonds.